The third-order valence-corrected chi connectivity index (χ3v) is 3.59. The Kier molecular flexibility index (Phi) is 3.51. The van der Waals surface area contributed by atoms with Crippen molar-refractivity contribution < 1.29 is 9.32 Å². The number of nitrogens with one attached hydrogen (secondary N) is 2. The van der Waals surface area contributed by atoms with E-state index in [0.29, 0.717) is 17.1 Å². The molecule has 3 heterocycles. The van der Waals surface area contributed by atoms with Gasteiger partial charge in [0.05, 0.1) is 17.8 Å². The molecule has 1 aromatic carbocycles. The Hall–Kier alpha value is -3.48. The fraction of sp³-hybridized carbons (Fsp3) is 0.0588. The van der Waals surface area contributed by atoms with Gasteiger partial charge in [-0.05, 0) is 18.2 Å². The molecule has 0 atom stereocenters. The molecule has 0 spiro atoms. The third kappa shape index (κ3) is 2.63. The van der Waals surface area contributed by atoms with Crippen LogP contribution in [0.2, 0.25) is 0 Å². The van der Waals surface area contributed by atoms with Crippen LogP contribution in [-0.2, 0) is 6.54 Å². The van der Waals surface area contributed by atoms with Crippen molar-refractivity contribution >= 4 is 16.8 Å². The van der Waals surface area contributed by atoms with Crippen molar-refractivity contribution in [1.29, 1.82) is 0 Å². The highest BCUT2D eigenvalue weighted by molar-refractivity contribution is 6.04. The maximum atomic E-state index is 12.3. The Bertz CT molecular complexity index is 990. The standard InChI is InChI=1S/C17H13N5O2/c23-17(16-12-5-1-2-6-13(12)20-21-16)19-10-11-9-15(22-24-11)14-7-3-4-8-18-14/h1-9H,10H2,(H,19,23)(H,20,21). The summed E-state index contributed by atoms with van der Waals surface area (Å²) in [7, 11) is 0. The van der Waals surface area contributed by atoms with Gasteiger partial charge in [-0.1, -0.05) is 29.4 Å². The second-order valence-corrected chi connectivity index (χ2v) is 5.19. The van der Waals surface area contributed by atoms with Crippen molar-refractivity contribution in [2.24, 2.45) is 0 Å². The zero-order chi connectivity index (χ0) is 16.4. The van der Waals surface area contributed by atoms with E-state index in [1.54, 1.807) is 12.3 Å². The SMILES string of the molecule is O=C(NCc1cc(-c2ccccn2)no1)c1n[nH]c2ccccc12. The van der Waals surface area contributed by atoms with Gasteiger partial charge in [-0.15, -0.1) is 0 Å². The number of hydrogen-bond acceptors (Lipinski definition) is 5. The Balaban J connectivity index is 1.47. The zero-order valence-corrected chi connectivity index (χ0v) is 12.6. The number of pyridine rings is 1. The molecule has 0 aliphatic rings. The summed E-state index contributed by atoms with van der Waals surface area (Å²) in [5.41, 5.74) is 2.53. The molecule has 4 rings (SSSR count). The van der Waals surface area contributed by atoms with E-state index in [1.165, 1.54) is 0 Å². The van der Waals surface area contributed by atoms with Gasteiger partial charge < -0.3 is 9.84 Å². The first-order valence-electron chi connectivity index (χ1n) is 7.39. The summed E-state index contributed by atoms with van der Waals surface area (Å²) in [4.78, 5) is 16.5. The fourth-order valence-electron chi connectivity index (χ4n) is 2.42. The Labute approximate surface area is 136 Å². The van der Waals surface area contributed by atoms with Gasteiger partial charge >= 0.3 is 0 Å². The van der Waals surface area contributed by atoms with Gasteiger partial charge in [0.15, 0.2) is 11.5 Å². The number of fused-ring (bicyclic) bond motifs is 1. The number of amides is 1. The van der Waals surface area contributed by atoms with Crippen molar-refractivity contribution in [3.8, 4) is 11.4 Å². The highest BCUT2D eigenvalue weighted by Gasteiger charge is 2.14. The quantitative estimate of drug-likeness (QED) is 0.602. The summed E-state index contributed by atoms with van der Waals surface area (Å²) in [5, 5.41) is 14.4. The van der Waals surface area contributed by atoms with E-state index in [2.05, 4.69) is 25.7 Å². The molecule has 0 aliphatic carbocycles. The van der Waals surface area contributed by atoms with Gasteiger partial charge in [0, 0.05) is 17.6 Å². The number of carbonyl (C=O) groups is 1. The average molecular weight is 319 g/mol. The van der Waals surface area contributed by atoms with E-state index >= 15 is 0 Å². The summed E-state index contributed by atoms with van der Waals surface area (Å²) < 4.78 is 5.24. The van der Waals surface area contributed by atoms with Crippen LogP contribution in [-0.4, -0.2) is 26.2 Å². The number of aromatic nitrogens is 4. The molecule has 0 bridgehead atoms. The smallest absolute Gasteiger partial charge is 0.272 e. The van der Waals surface area contributed by atoms with E-state index in [9.17, 15) is 4.79 Å². The second-order valence-electron chi connectivity index (χ2n) is 5.19. The second kappa shape index (κ2) is 5.96. The topological polar surface area (TPSA) is 96.7 Å². The number of H-pyrrole nitrogens is 1. The summed E-state index contributed by atoms with van der Waals surface area (Å²) in [6, 6.07) is 14.8. The normalized spacial score (nSPS) is 10.8. The number of carbonyl (C=O) groups excluding carboxylic acids is 1. The molecule has 118 valence electrons. The molecule has 3 aromatic heterocycles. The van der Waals surface area contributed by atoms with Crippen molar-refractivity contribution in [3.63, 3.8) is 0 Å². The van der Waals surface area contributed by atoms with Crippen LogP contribution in [0.25, 0.3) is 22.3 Å². The van der Waals surface area contributed by atoms with Crippen LogP contribution in [0.5, 0.6) is 0 Å². The van der Waals surface area contributed by atoms with Crippen LogP contribution in [0.3, 0.4) is 0 Å². The van der Waals surface area contributed by atoms with Gasteiger partial charge in [0.1, 0.15) is 5.69 Å². The van der Waals surface area contributed by atoms with Crippen LogP contribution in [0.4, 0.5) is 0 Å². The molecule has 0 aliphatic heterocycles. The highest BCUT2D eigenvalue weighted by Crippen LogP contribution is 2.17. The summed E-state index contributed by atoms with van der Waals surface area (Å²) in [6.07, 6.45) is 1.69. The Morgan fingerprint density at radius 2 is 2.00 bits per heavy atom. The molecule has 7 heteroatoms. The van der Waals surface area contributed by atoms with Crippen LogP contribution < -0.4 is 5.32 Å². The van der Waals surface area contributed by atoms with E-state index in [1.807, 2.05) is 42.5 Å². The van der Waals surface area contributed by atoms with Crippen LogP contribution >= 0.6 is 0 Å². The first-order valence-corrected chi connectivity index (χ1v) is 7.39. The van der Waals surface area contributed by atoms with Crippen molar-refractivity contribution in [1.82, 2.24) is 25.7 Å². The highest BCUT2D eigenvalue weighted by atomic mass is 16.5. The van der Waals surface area contributed by atoms with Crippen LogP contribution in [0.15, 0.2) is 59.3 Å². The van der Waals surface area contributed by atoms with E-state index in [4.69, 9.17) is 4.52 Å². The molecule has 7 nitrogen and oxygen atoms in total. The van der Waals surface area contributed by atoms with Gasteiger partial charge in [-0.25, -0.2) is 0 Å². The first kappa shape index (κ1) is 14.1. The monoisotopic (exact) mass is 319 g/mol. The predicted molar refractivity (Wildman–Crippen MR) is 87.0 cm³/mol. The summed E-state index contributed by atoms with van der Waals surface area (Å²) in [6.45, 7) is 0.222. The summed E-state index contributed by atoms with van der Waals surface area (Å²) >= 11 is 0. The van der Waals surface area contributed by atoms with Gasteiger partial charge in [0.2, 0.25) is 0 Å². The fourth-order valence-corrected chi connectivity index (χ4v) is 2.42. The number of nitrogens with zero attached hydrogens (tertiary/aromatic N) is 3. The lowest BCUT2D eigenvalue weighted by molar-refractivity contribution is 0.0943. The molecule has 0 unspecified atom stereocenters. The van der Waals surface area contributed by atoms with E-state index in [0.717, 1.165) is 16.6 Å². The zero-order valence-electron chi connectivity index (χ0n) is 12.6. The predicted octanol–water partition coefficient (Wildman–Crippen LogP) is 2.54. The van der Waals surface area contributed by atoms with Crippen molar-refractivity contribution in [3.05, 3.63) is 66.2 Å². The number of hydrogen-bond donors (Lipinski definition) is 2. The van der Waals surface area contributed by atoms with E-state index < -0.39 is 0 Å². The lowest BCUT2D eigenvalue weighted by Gasteiger charge is -1.99. The largest absolute Gasteiger partial charge is 0.359 e. The number of para-hydroxylation sites is 1. The maximum Gasteiger partial charge on any atom is 0.272 e. The minimum absolute atomic E-state index is 0.222. The Morgan fingerprint density at radius 3 is 2.88 bits per heavy atom. The average Bonchev–Trinajstić information content (AvgIpc) is 3.27. The van der Waals surface area contributed by atoms with Gasteiger partial charge in [-0.2, -0.15) is 5.10 Å². The lowest BCUT2D eigenvalue weighted by atomic mass is 10.2. The van der Waals surface area contributed by atoms with Gasteiger partial charge in [-0.3, -0.25) is 14.9 Å². The molecular weight excluding hydrogens is 306 g/mol. The molecule has 2 N–H and O–H groups in total. The maximum absolute atomic E-state index is 12.3. The minimum atomic E-state index is -0.275. The van der Waals surface area contributed by atoms with Crippen LogP contribution in [0, 0.1) is 0 Å². The van der Waals surface area contributed by atoms with E-state index in [-0.39, 0.29) is 12.5 Å². The molecule has 0 saturated heterocycles. The number of rotatable bonds is 4. The molecular formula is C17H13N5O2. The molecule has 0 radical (unpaired) electrons. The number of benzene rings is 1. The molecule has 24 heavy (non-hydrogen) atoms. The van der Waals surface area contributed by atoms with Crippen molar-refractivity contribution in [2.45, 2.75) is 6.54 Å². The first-order chi connectivity index (χ1) is 11.8. The van der Waals surface area contributed by atoms with Crippen LogP contribution in [0.1, 0.15) is 16.2 Å². The van der Waals surface area contributed by atoms with Crippen molar-refractivity contribution in [2.75, 3.05) is 0 Å². The Morgan fingerprint density at radius 1 is 1.12 bits per heavy atom. The molecule has 0 saturated carbocycles. The number of aromatic amines is 1. The lowest BCUT2D eigenvalue weighted by Crippen LogP contribution is -2.23. The minimum Gasteiger partial charge on any atom is -0.359 e. The molecule has 1 amide bonds. The summed E-state index contributed by atoms with van der Waals surface area (Å²) in [5.74, 6) is 0.270. The molecule has 4 aromatic rings. The third-order valence-electron chi connectivity index (χ3n) is 3.59. The van der Waals surface area contributed by atoms with Gasteiger partial charge in [0.25, 0.3) is 5.91 Å². The molecule has 0 fully saturated rings.